The lowest BCUT2D eigenvalue weighted by atomic mass is 10.0. The van der Waals surface area contributed by atoms with Crippen LogP contribution < -0.4 is 10.6 Å². The van der Waals surface area contributed by atoms with Gasteiger partial charge in [-0.2, -0.15) is 10.2 Å². The first-order valence-corrected chi connectivity index (χ1v) is 11.3. The van der Waals surface area contributed by atoms with E-state index in [4.69, 9.17) is 4.42 Å². The molecule has 3 heterocycles. The van der Waals surface area contributed by atoms with Gasteiger partial charge in [0.1, 0.15) is 17.7 Å². The van der Waals surface area contributed by atoms with Crippen molar-refractivity contribution in [3.8, 4) is 0 Å². The maximum absolute atomic E-state index is 13.3. The van der Waals surface area contributed by atoms with Crippen LogP contribution in [0.3, 0.4) is 0 Å². The molecule has 5 aromatic rings. The molecule has 10 heteroatoms. The Morgan fingerprint density at radius 2 is 1.83 bits per heavy atom. The molecule has 3 N–H and O–H groups in total. The lowest BCUT2D eigenvalue weighted by Crippen LogP contribution is -2.45. The predicted octanol–water partition coefficient (Wildman–Crippen LogP) is 3.83. The Bertz CT molecular complexity index is 1490. The molecular formula is C26H23FN6O3. The van der Waals surface area contributed by atoms with Gasteiger partial charge in [0.2, 0.25) is 5.91 Å². The highest BCUT2D eigenvalue weighted by molar-refractivity contribution is 6.04. The number of anilines is 1. The van der Waals surface area contributed by atoms with Crippen molar-refractivity contribution in [3.05, 3.63) is 101 Å². The van der Waals surface area contributed by atoms with Gasteiger partial charge in [-0.25, -0.2) is 9.07 Å². The molecule has 2 aromatic carbocycles. The lowest BCUT2D eigenvalue weighted by molar-refractivity contribution is -0.118. The van der Waals surface area contributed by atoms with E-state index in [9.17, 15) is 14.0 Å². The van der Waals surface area contributed by atoms with Crippen molar-refractivity contribution < 1.29 is 18.4 Å². The van der Waals surface area contributed by atoms with Crippen LogP contribution in [-0.4, -0.2) is 37.8 Å². The first-order valence-electron chi connectivity index (χ1n) is 11.3. The molecule has 2 amide bonds. The quantitative estimate of drug-likeness (QED) is 0.308. The van der Waals surface area contributed by atoms with Crippen LogP contribution in [-0.2, 0) is 17.8 Å². The molecule has 0 fully saturated rings. The molecule has 0 aliphatic heterocycles. The van der Waals surface area contributed by atoms with Crippen LogP contribution in [0.25, 0.3) is 11.0 Å². The Labute approximate surface area is 205 Å². The van der Waals surface area contributed by atoms with Crippen molar-refractivity contribution in [2.75, 3.05) is 5.32 Å². The zero-order chi connectivity index (χ0) is 25.1. The van der Waals surface area contributed by atoms with Crippen LogP contribution in [0.5, 0.6) is 0 Å². The van der Waals surface area contributed by atoms with E-state index in [1.165, 1.54) is 24.5 Å². The van der Waals surface area contributed by atoms with Crippen molar-refractivity contribution in [1.29, 1.82) is 0 Å². The van der Waals surface area contributed by atoms with Crippen molar-refractivity contribution >= 4 is 28.7 Å². The number of aryl methyl sites for hydroxylation is 1. The molecule has 36 heavy (non-hydrogen) atoms. The van der Waals surface area contributed by atoms with Crippen LogP contribution in [0, 0.1) is 12.7 Å². The minimum Gasteiger partial charge on any atom is -0.459 e. The summed E-state index contributed by atoms with van der Waals surface area (Å²) in [6.07, 6.45) is 1.67. The van der Waals surface area contributed by atoms with Gasteiger partial charge in [0, 0.05) is 6.42 Å². The molecule has 0 radical (unpaired) electrons. The number of benzene rings is 2. The van der Waals surface area contributed by atoms with Gasteiger partial charge in [0.25, 0.3) is 5.91 Å². The van der Waals surface area contributed by atoms with Gasteiger partial charge in [-0.1, -0.05) is 42.5 Å². The number of amides is 2. The monoisotopic (exact) mass is 486 g/mol. The van der Waals surface area contributed by atoms with Crippen LogP contribution in [0.2, 0.25) is 0 Å². The third kappa shape index (κ3) is 4.88. The number of nitrogens with one attached hydrogen (secondary N) is 3. The van der Waals surface area contributed by atoms with Crippen molar-refractivity contribution in [3.63, 3.8) is 0 Å². The second kappa shape index (κ2) is 9.87. The Kier molecular flexibility index (Phi) is 6.31. The third-order valence-electron chi connectivity index (χ3n) is 5.77. The maximum atomic E-state index is 13.3. The molecule has 0 unspecified atom stereocenters. The molecule has 0 spiro atoms. The lowest BCUT2D eigenvalue weighted by Gasteiger charge is -2.17. The van der Waals surface area contributed by atoms with Crippen LogP contribution in [0.1, 0.15) is 27.4 Å². The fraction of sp³-hybridized carbons (Fsp3) is 0.154. The average molecular weight is 487 g/mol. The molecule has 182 valence electrons. The summed E-state index contributed by atoms with van der Waals surface area (Å²) >= 11 is 0. The standard InChI is InChI=1S/C26H23FN6O3/c1-16-22-23(30-31-24(22)33(32-16)15-18-9-11-19(27)12-10-18)29-25(34)20(14-17-6-3-2-4-7-17)28-26(35)21-8-5-13-36-21/h2-13,20H,14-15H2,1H3,(H,28,35)(H2,29,30,31,34)/t20-/m0/s1. The first-order chi connectivity index (χ1) is 17.5. The molecule has 5 rings (SSSR count). The van der Waals surface area contributed by atoms with Crippen LogP contribution in [0.15, 0.2) is 77.4 Å². The number of halogens is 1. The SMILES string of the molecule is Cc1nn(Cc2ccc(F)cc2)c2n[nH]c(NC(=O)[C@H](Cc3ccccc3)NC(=O)c3ccco3)c12. The van der Waals surface area contributed by atoms with Crippen molar-refractivity contribution in [2.24, 2.45) is 0 Å². The number of rotatable bonds is 8. The second-order valence-electron chi connectivity index (χ2n) is 8.35. The summed E-state index contributed by atoms with van der Waals surface area (Å²) in [5.41, 5.74) is 2.95. The predicted molar refractivity (Wildman–Crippen MR) is 131 cm³/mol. The van der Waals surface area contributed by atoms with Gasteiger partial charge in [-0.15, -0.1) is 0 Å². The summed E-state index contributed by atoms with van der Waals surface area (Å²) in [4.78, 5) is 26.0. The van der Waals surface area contributed by atoms with Crippen LogP contribution in [0.4, 0.5) is 10.2 Å². The summed E-state index contributed by atoms with van der Waals surface area (Å²) in [5.74, 6) is -0.732. The third-order valence-corrected chi connectivity index (χ3v) is 5.77. The summed E-state index contributed by atoms with van der Waals surface area (Å²) in [7, 11) is 0. The maximum Gasteiger partial charge on any atom is 0.287 e. The minimum absolute atomic E-state index is 0.114. The van der Waals surface area contributed by atoms with Gasteiger partial charge in [0.15, 0.2) is 11.4 Å². The van der Waals surface area contributed by atoms with Gasteiger partial charge in [-0.3, -0.25) is 14.7 Å². The Hall–Kier alpha value is -4.73. The van der Waals surface area contributed by atoms with E-state index in [1.54, 1.807) is 22.9 Å². The number of H-pyrrole nitrogens is 1. The molecule has 0 bridgehead atoms. The van der Waals surface area contributed by atoms with Gasteiger partial charge < -0.3 is 15.1 Å². The fourth-order valence-corrected chi connectivity index (χ4v) is 4.01. The largest absolute Gasteiger partial charge is 0.459 e. The number of furan rings is 1. The molecule has 0 aliphatic carbocycles. The number of hydrogen-bond donors (Lipinski definition) is 3. The van der Waals surface area contributed by atoms with E-state index in [2.05, 4.69) is 25.9 Å². The Morgan fingerprint density at radius 1 is 1.06 bits per heavy atom. The number of hydrogen-bond acceptors (Lipinski definition) is 5. The smallest absolute Gasteiger partial charge is 0.287 e. The van der Waals surface area contributed by atoms with Crippen molar-refractivity contribution in [1.82, 2.24) is 25.3 Å². The fourth-order valence-electron chi connectivity index (χ4n) is 4.01. The highest BCUT2D eigenvalue weighted by atomic mass is 19.1. The molecular weight excluding hydrogens is 463 g/mol. The zero-order valence-electron chi connectivity index (χ0n) is 19.4. The molecule has 9 nitrogen and oxygen atoms in total. The Balaban J connectivity index is 1.38. The number of carbonyl (C=O) groups is 2. The summed E-state index contributed by atoms with van der Waals surface area (Å²) in [6, 6.07) is 17.8. The highest BCUT2D eigenvalue weighted by Crippen LogP contribution is 2.25. The molecule has 1 atom stereocenters. The molecule has 0 saturated carbocycles. The Morgan fingerprint density at radius 3 is 2.56 bits per heavy atom. The van der Waals surface area contributed by atoms with Gasteiger partial charge >= 0.3 is 0 Å². The summed E-state index contributed by atoms with van der Waals surface area (Å²) in [6.45, 7) is 2.20. The van der Waals surface area contributed by atoms with Crippen molar-refractivity contribution in [2.45, 2.75) is 25.9 Å². The number of nitrogens with zero attached hydrogens (tertiary/aromatic N) is 3. The number of aromatic amines is 1. The molecule has 3 aromatic heterocycles. The van der Waals surface area contributed by atoms with E-state index < -0.39 is 17.9 Å². The average Bonchev–Trinajstić information content (AvgIpc) is 3.61. The van der Waals surface area contributed by atoms with E-state index >= 15 is 0 Å². The van der Waals surface area contributed by atoms with E-state index in [-0.39, 0.29) is 18.0 Å². The van der Waals surface area contributed by atoms with E-state index in [0.717, 1.165) is 11.1 Å². The molecule has 0 saturated heterocycles. The topological polar surface area (TPSA) is 118 Å². The second-order valence-corrected chi connectivity index (χ2v) is 8.35. The minimum atomic E-state index is -0.877. The number of aromatic nitrogens is 4. The highest BCUT2D eigenvalue weighted by Gasteiger charge is 2.25. The van der Waals surface area contributed by atoms with E-state index in [0.29, 0.717) is 29.1 Å². The van der Waals surface area contributed by atoms with Crippen LogP contribution >= 0.6 is 0 Å². The normalized spacial score (nSPS) is 11.9. The molecule has 0 aliphatic rings. The number of fused-ring (bicyclic) bond motifs is 1. The van der Waals surface area contributed by atoms with E-state index in [1.807, 2.05) is 37.3 Å². The zero-order valence-corrected chi connectivity index (χ0v) is 19.4. The van der Waals surface area contributed by atoms with Gasteiger partial charge in [0.05, 0.1) is 23.9 Å². The number of carbonyl (C=O) groups excluding carboxylic acids is 2. The van der Waals surface area contributed by atoms with Gasteiger partial charge in [-0.05, 0) is 42.3 Å². The summed E-state index contributed by atoms with van der Waals surface area (Å²) in [5, 5.41) is 18.0. The first kappa shape index (κ1) is 23.0. The summed E-state index contributed by atoms with van der Waals surface area (Å²) < 4.78 is 20.1.